The van der Waals surface area contributed by atoms with Gasteiger partial charge in [-0.1, -0.05) is 49.6 Å². The molecular weight excluding hydrogens is 234 g/mol. The van der Waals surface area contributed by atoms with Gasteiger partial charge >= 0.3 is 0 Å². The summed E-state index contributed by atoms with van der Waals surface area (Å²) in [6, 6.07) is 8.52. The van der Waals surface area contributed by atoms with Crippen LogP contribution in [-0.2, 0) is 4.79 Å². The van der Waals surface area contributed by atoms with Crippen molar-refractivity contribution in [2.24, 2.45) is 5.92 Å². The molecule has 0 aromatic heterocycles. The molecule has 2 heteroatoms. The zero-order valence-electron chi connectivity index (χ0n) is 11.9. The van der Waals surface area contributed by atoms with Crippen molar-refractivity contribution in [2.45, 2.75) is 45.6 Å². The number of aryl methyl sites for hydroxylation is 1. The van der Waals surface area contributed by atoms with Crippen molar-refractivity contribution in [1.82, 2.24) is 5.32 Å². The number of carbonyl (C=O) groups is 1. The molecule has 1 aromatic rings. The average molecular weight is 257 g/mol. The van der Waals surface area contributed by atoms with Crippen molar-refractivity contribution in [3.8, 4) is 0 Å². The van der Waals surface area contributed by atoms with Gasteiger partial charge in [-0.2, -0.15) is 0 Å². The molecule has 2 nitrogen and oxygen atoms in total. The van der Waals surface area contributed by atoms with Gasteiger partial charge in [0.15, 0.2) is 0 Å². The predicted octanol–water partition coefficient (Wildman–Crippen LogP) is 3.70. The summed E-state index contributed by atoms with van der Waals surface area (Å²) in [6.45, 7) is 4.29. The number of rotatable bonds is 3. The first-order chi connectivity index (χ1) is 9.15. The number of hydrogen-bond acceptors (Lipinski definition) is 1. The second-order valence-electron chi connectivity index (χ2n) is 5.62. The maximum Gasteiger partial charge on any atom is 0.244 e. The average Bonchev–Trinajstić information content (AvgIpc) is 2.41. The molecule has 0 spiro atoms. The second-order valence-corrected chi connectivity index (χ2v) is 5.62. The van der Waals surface area contributed by atoms with E-state index >= 15 is 0 Å². The summed E-state index contributed by atoms with van der Waals surface area (Å²) in [6.07, 6.45) is 8.40. The van der Waals surface area contributed by atoms with Crippen LogP contribution < -0.4 is 5.32 Å². The lowest BCUT2D eigenvalue weighted by Crippen LogP contribution is -2.40. The van der Waals surface area contributed by atoms with Crippen molar-refractivity contribution in [1.29, 1.82) is 0 Å². The highest BCUT2D eigenvalue weighted by molar-refractivity contribution is 5.91. The Labute approximate surface area is 115 Å². The Balaban J connectivity index is 1.88. The number of benzene rings is 1. The normalized spacial score (nSPS) is 23.5. The molecule has 1 N–H and O–H groups in total. The summed E-state index contributed by atoms with van der Waals surface area (Å²) in [5.74, 6) is 0.629. The van der Waals surface area contributed by atoms with Crippen LogP contribution in [0, 0.1) is 12.8 Å². The monoisotopic (exact) mass is 257 g/mol. The molecule has 0 unspecified atom stereocenters. The van der Waals surface area contributed by atoms with E-state index in [1.807, 2.05) is 18.2 Å². The Hall–Kier alpha value is -1.57. The Morgan fingerprint density at radius 2 is 1.89 bits per heavy atom. The van der Waals surface area contributed by atoms with Gasteiger partial charge in [-0.3, -0.25) is 4.79 Å². The molecule has 0 heterocycles. The van der Waals surface area contributed by atoms with Crippen molar-refractivity contribution in [3.05, 3.63) is 41.5 Å². The Morgan fingerprint density at radius 3 is 2.58 bits per heavy atom. The SMILES string of the molecule is Cc1ccc(/C=C/C(=O)N[C@H]2CCCC[C@H]2C)cc1. The maximum atomic E-state index is 11.9. The number of amides is 1. The van der Waals surface area contributed by atoms with Crippen LogP contribution in [0.4, 0.5) is 0 Å². The van der Waals surface area contributed by atoms with Gasteiger partial charge in [0.2, 0.25) is 5.91 Å². The fourth-order valence-corrected chi connectivity index (χ4v) is 2.61. The van der Waals surface area contributed by atoms with Gasteiger partial charge in [0.1, 0.15) is 0 Å². The van der Waals surface area contributed by atoms with Crippen LogP contribution in [0.3, 0.4) is 0 Å². The standard InChI is InChI=1S/C17H23NO/c1-13-7-9-15(10-8-13)11-12-17(19)18-16-6-4-3-5-14(16)2/h7-12,14,16H,3-6H2,1-2H3,(H,18,19)/b12-11+/t14-,16+/m1/s1. The van der Waals surface area contributed by atoms with Gasteiger partial charge in [-0.05, 0) is 37.3 Å². The molecule has 102 valence electrons. The molecule has 2 atom stereocenters. The van der Waals surface area contributed by atoms with E-state index in [-0.39, 0.29) is 5.91 Å². The molecule has 0 saturated heterocycles. The summed E-state index contributed by atoms with van der Waals surface area (Å²) < 4.78 is 0. The third-order valence-corrected chi connectivity index (χ3v) is 3.94. The summed E-state index contributed by atoms with van der Waals surface area (Å²) in [4.78, 5) is 11.9. The highest BCUT2D eigenvalue weighted by atomic mass is 16.1. The first-order valence-electron chi connectivity index (χ1n) is 7.20. The zero-order valence-corrected chi connectivity index (χ0v) is 11.9. The molecule has 0 bridgehead atoms. The summed E-state index contributed by atoms with van der Waals surface area (Å²) in [5.41, 5.74) is 2.30. The smallest absolute Gasteiger partial charge is 0.244 e. The largest absolute Gasteiger partial charge is 0.350 e. The van der Waals surface area contributed by atoms with Crippen molar-refractivity contribution >= 4 is 12.0 Å². The van der Waals surface area contributed by atoms with E-state index < -0.39 is 0 Å². The quantitative estimate of drug-likeness (QED) is 0.822. The lowest BCUT2D eigenvalue weighted by Gasteiger charge is -2.29. The van der Waals surface area contributed by atoms with Crippen molar-refractivity contribution in [3.63, 3.8) is 0 Å². The highest BCUT2D eigenvalue weighted by Gasteiger charge is 2.21. The van der Waals surface area contributed by atoms with E-state index in [9.17, 15) is 4.79 Å². The minimum atomic E-state index is 0.0272. The van der Waals surface area contributed by atoms with Crippen LogP contribution in [-0.4, -0.2) is 11.9 Å². The molecular formula is C17H23NO. The van der Waals surface area contributed by atoms with E-state index in [1.165, 1.54) is 24.8 Å². The molecule has 1 fully saturated rings. The zero-order chi connectivity index (χ0) is 13.7. The third-order valence-electron chi connectivity index (χ3n) is 3.94. The Bertz CT molecular complexity index is 447. The van der Waals surface area contributed by atoms with Gasteiger partial charge in [0, 0.05) is 12.1 Å². The van der Waals surface area contributed by atoms with Crippen LogP contribution in [0.5, 0.6) is 0 Å². The first kappa shape index (κ1) is 13.9. The van der Waals surface area contributed by atoms with E-state index in [0.29, 0.717) is 12.0 Å². The lowest BCUT2D eigenvalue weighted by molar-refractivity contribution is -0.117. The minimum absolute atomic E-state index is 0.0272. The lowest BCUT2D eigenvalue weighted by atomic mass is 9.86. The molecule has 1 aromatic carbocycles. The van der Waals surface area contributed by atoms with Crippen LogP contribution in [0.1, 0.15) is 43.7 Å². The van der Waals surface area contributed by atoms with Crippen molar-refractivity contribution in [2.75, 3.05) is 0 Å². The van der Waals surface area contributed by atoms with E-state index in [4.69, 9.17) is 0 Å². The van der Waals surface area contributed by atoms with Gasteiger partial charge in [0.25, 0.3) is 0 Å². The highest BCUT2D eigenvalue weighted by Crippen LogP contribution is 2.23. The number of carbonyl (C=O) groups excluding carboxylic acids is 1. The van der Waals surface area contributed by atoms with Gasteiger partial charge in [0.05, 0.1) is 0 Å². The van der Waals surface area contributed by atoms with E-state index in [2.05, 4.69) is 31.3 Å². The fourth-order valence-electron chi connectivity index (χ4n) is 2.61. The molecule has 1 aliphatic carbocycles. The molecule has 2 rings (SSSR count). The molecule has 19 heavy (non-hydrogen) atoms. The molecule has 0 radical (unpaired) electrons. The summed E-state index contributed by atoms with van der Waals surface area (Å²) in [5, 5.41) is 3.12. The van der Waals surface area contributed by atoms with Crippen LogP contribution in [0.15, 0.2) is 30.3 Å². The second kappa shape index (κ2) is 6.55. The summed E-state index contributed by atoms with van der Waals surface area (Å²) >= 11 is 0. The summed E-state index contributed by atoms with van der Waals surface area (Å²) in [7, 11) is 0. The fraction of sp³-hybridized carbons (Fsp3) is 0.471. The third kappa shape index (κ3) is 4.23. The van der Waals surface area contributed by atoms with Crippen LogP contribution in [0.25, 0.3) is 6.08 Å². The van der Waals surface area contributed by atoms with E-state index in [0.717, 1.165) is 12.0 Å². The topological polar surface area (TPSA) is 29.1 Å². The van der Waals surface area contributed by atoms with Gasteiger partial charge < -0.3 is 5.32 Å². The molecule has 1 saturated carbocycles. The number of hydrogen-bond donors (Lipinski definition) is 1. The molecule has 1 amide bonds. The molecule has 1 aliphatic rings. The van der Waals surface area contributed by atoms with Gasteiger partial charge in [-0.25, -0.2) is 0 Å². The maximum absolute atomic E-state index is 11.9. The number of nitrogens with one attached hydrogen (secondary N) is 1. The first-order valence-corrected chi connectivity index (χ1v) is 7.20. The van der Waals surface area contributed by atoms with Crippen LogP contribution in [0.2, 0.25) is 0 Å². The Morgan fingerprint density at radius 1 is 1.21 bits per heavy atom. The van der Waals surface area contributed by atoms with Crippen molar-refractivity contribution < 1.29 is 4.79 Å². The molecule has 0 aliphatic heterocycles. The van der Waals surface area contributed by atoms with Crippen LogP contribution >= 0.6 is 0 Å². The predicted molar refractivity (Wildman–Crippen MR) is 79.8 cm³/mol. The van der Waals surface area contributed by atoms with Gasteiger partial charge in [-0.15, -0.1) is 0 Å². The van der Waals surface area contributed by atoms with E-state index in [1.54, 1.807) is 6.08 Å². The minimum Gasteiger partial charge on any atom is -0.350 e. The Kier molecular flexibility index (Phi) is 4.78.